The van der Waals surface area contributed by atoms with Crippen LogP contribution < -0.4 is 5.73 Å². The van der Waals surface area contributed by atoms with Gasteiger partial charge in [-0.25, -0.2) is 0 Å². The summed E-state index contributed by atoms with van der Waals surface area (Å²) in [6, 6.07) is 0.167. The maximum Gasteiger partial charge on any atom is 0.0273 e. The van der Waals surface area contributed by atoms with Gasteiger partial charge < -0.3 is 5.73 Å². The van der Waals surface area contributed by atoms with E-state index in [1.54, 1.807) is 0 Å². The second-order valence-corrected chi connectivity index (χ2v) is 2.30. The van der Waals surface area contributed by atoms with Gasteiger partial charge >= 0.3 is 0 Å². The summed E-state index contributed by atoms with van der Waals surface area (Å²) in [6.07, 6.45) is 7.01. The first-order chi connectivity index (χ1) is 4.83. The molecule has 0 fully saturated rings. The molecule has 2 N–H and O–H groups in total. The summed E-state index contributed by atoms with van der Waals surface area (Å²) in [7, 11) is 0. The van der Waals surface area contributed by atoms with Crippen LogP contribution in [0.4, 0.5) is 0 Å². The Labute approximate surface area is 61.6 Å². The second kappa shape index (κ2) is 3.24. The Kier molecular flexibility index (Phi) is 2.30. The Bertz CT molecular complexity index is 225. The Morgan fingerprint density at radius 2 is 2.50 bits per heavy atom. The standard InChI is InChI=1S/C9H11N/c1-2-4-8-5-3-6-9(10)7-8/h3,5,7,9H,6,10H2,1H3. The van der Waals surface area contributed by atoms with Gasteiger partial charge in [0, 0.05) is 11.6 Å². The fourth-order valence-electron chi connectivity index (χ4n) is 0.934. The first-order valence-electron chi connectivity index (χ1n) is 3.39. The van der Waals surface area contributed by atoms with E-state index in [2.05, 4.69) is 17.9 Å². The molecule has 0 radical (unpaired) electrons. The minimum absolute atomic E-state index is 0.167. The lowest BCUT2D eigenvalue weighted by molar-refractivity contribution is 0.821. The molecule has 0 bridgehead atoms. The van der Waals surface area contributed by atoms with Crippen molar-refractivity contribution in [3.05, 3.63) is 23.8 Å². The highest BCUT2D eigenvalue weighted by atomic mass is 14.6. The molecule has 0 saturated carbocycles. The predicted molar refractivity (Wildman–Crippen MR) is 43.3 cm³/mol. The summed E-state index contributed by atoms with van der Waals surface area (Å²) < 4.78 is 0. The molecule has 0 aromatic carbocycles. The minimum Gasteiger partial charge on any atom is -0.324 e. The summed E-state index contributed by atoms with van der Waals surface area (Å²) in [5, 5.41) is 0. The molecule has 0 saturated heterocycles. The molecule has 1 heteroatoms. The number of hydrogen-bond donors (Lipinski definition) is 1. The van der Waals surface area contributed by atoms with Crippen molar-refractivity contribution < 1.29 is 0 Å². The van der Waals surface area contributed by atoms with Gasteiger partial charge in [-0.1, -0.05) is 24.1 Å². The molecule has 1 unspecified atom stereocenters. The molecule has 0 amide bonds. The number of nitrogens with two attached hydrogens (primary N) is 1. The molecule has 1 aliphatic rings. The van der Waals surface area contributed by atoms with Crippen LogP contribution in [0.1, 0.15) is 13.3 Å². The third-order valence-electron chi connectivity index (χ3n) is 1.37. The van der Waals surface area contributed by atoms with E-state index in [-0.39, 0.29) is 6.04 Å². The molecule has 52 valence electrons. The summed E-state index contributed by atoms with van der Waals surface area (Å²) in [6.45, 7) is 1.83. The molecule has 0 aromatic rings. The normalized spacial score (nSPS) is 23.0. The second-order valence-electron chi connectivity index (χ2n) is 2.30. The average Bonchev–Trinajstić information content (AvgIpc) is 1.88. The number of hydrogen-bond acceptors (Lipinski definition) is 1. The lowest BCUT2D eigenvalue weighted by Gasteiger charge is -2.07. The third-order valence-corrected chi connectivity index (χ3v) is 1.37. The van der Waals surface area contributed by atoms with Gasteiger partial charge in [0.2, 0.25) is 0 Å². The molecule has 0 spiro atoms. The number of allylic oxidation sites excluding steroid dienone is 2. The van der Waals surface area contributed by atoms with Gasteiger partial charge in [-0.15, -0.1) is 5.92 Å². The Morgan fingerprint density at radius 1 is 1.70 bits per heavy atom. The van der Waals surface area contributed by atoms with E-state index in [4.69, 9.17) is 5.73 Å². The van der Waals surface area contributed by atoms with Crippen LogP contribution >= 0.6 is 0 Å². The van der Waals surface area contributed by atoms with Crippen molar-refractivity contribution >= 4 is 0 Å². The molecule has 1 rings (SSSR count). The van der Waals surface area contributed by atoms with Crippen molar-refractivity contribution in [2.75, 3.05) is 0 Å². The highest BCUT2D eigenvalue weighted by molar-refractivity contribution is 5.40. The van der Waals surface area contributed by atoms with Gasteiger partial charge in [0.25, 0.3) is 0 Å². The van der Waals surface area contributed by atoms with Crippen LogP contribution in [0.2, 0.25) is 0 Å². The maximum atomic E-state index is 5.66. The molecule has 1 atom stereocenters. The van der Waals surface area contributed by atoms with Crippen molar-refractivity contribution in [3.8, 4) is 11.8 Å². The fraction of sp³-hybridized carbons (Fsp3) is 0.333. The van der Waals surface area contributed by atoms with Gasteiger partial charge in [-0.2, -0.15) is 0 Å². The zero-order valence-corrected chi connectivity index (χ0v) is 6.09. The highest BCUT2D eigenvalue weighted by Crippen LogP contribution is 2.07. The zero-order valence-electron chi connectivity index (χ0n) is 6.09. The van der Waals surface area contributed by atoms with Crippen molar-refractivity contribution in [3.63, 3.8) is 0 Å². The van der Waals surface area contributed by atoms with Gasteiger partial charge in [-0.05, 0) is 13.3 Å². The summed E-state index contributed by atoms with van der Waals surface area (Å²) in [4.78, 5) is 0. The van der Waals surface area contributed by atoms with Crippen LogP contribution in [0, 0.1) is 11.8 Å². The summed E-state index contributed by atoms with van der Waals surface area (Å²) >= 11 is 0. The van der Waals surface area contributed by atoms with Crippen molar-refractivity contribution in [1.82, 2.24) is 0 Å². The van der Waals surface area contributed by atoms with E-state index in [9.17, 15) is 0 Å². The molecule has 0 aliphatic heterocycles. The fourth-order valence-corrected chi connectivity index (χ4v) is 0.934. The Balaban J connectivity index is 2.73. The molecule has 10 heavy (non-hydrogen) atoms. The van der Waals surface area contributed by atoms with E-state index in [1.165, 1.54) is 0 Å². The Hall–Kier alpha value is -1.00. The van der Waals surface area contributed by atoms with E-state index in [0.717, 1.165) is 12.0 Å². The van der Waals surface area contributed by atoms with Crippen LogP contribution in [0.5, 0.6) is 0 Å². The molecular formula is C9H11N. The first-order valence-corrected chi connectivity index (χ1v) is 3.39. The molecule has 0 aromatic heterocycles. The van der Waals surface area contributed by atoms with Crippen LogP contribution in [0.15, 0.2) is 23.8 Å². The van der Waals surface area contributed by atoms with Crippen LogP contribution in [0.25, 0.3) is 0 Å². The first kappa shape index (κ1) is 7.11. The minimum atomic E-state index is 0.167. The molecular weight excluding hydrogens is 122 g/mol. The van der Waals surface area contributed by atoms with Crippen LogP contribution in [-0.4, -0.2) is 6.04 Å². The van der Waals surface area contributed by atoms with Gasteiger partial charge in [0.05, 0.1) is 0 Å². The molecule has 1 nitrogen and oxygen atoms in total. The van der Waals surface area contributed by atoms with Gasteiger partial charge in [-0.3, -0.25) is 0 Å². The lowest BCUT2D eigenvalue weighted by atomic mass is 10.0. The van der Waals surface area contributed by atoms with Crippen molar-refractivity contribution in [1.29, 1.82) is 0 Å². The Morgan fingerprint density at radius 3 is 3.10 bits per heavy atom. The van der Waals surface area contributed by atoms with Crippen molar-refractivity contribution in [2.45, 2.75) is 19.4 Å². The van der Waals surface area contributed by atoms with E-state index < -0.39 is 0 Å². The lowest BCUT2D eigenvalue weighted by Crippen LogP contribution is -2.17. The largest absolute Gasteiger partial charge is 0.324 e. The monoisotopic (exact) mass is 133 g/mol. The smallest absolute Gasteiger partial charge is 0.0273 e. The SMILES string of the molecule is CC#CC1=CC(N)CC=C1. The summed E-state index contributed by atoms with van der Waals surface area (Å²) in [5.41, 5.74) is 6.70. The predicted octanol–water partition coefficient (Wildman–Crippen LogP) is 1.22. The number of rotatable bonds is 0. The summed E-state index contributed by atoms with van der Waals surface area (Å²) in [5.74, 6) is 5.79. The van der Waals surface area contributed by atoms with Gasteiger partial charge in [0.1, 0.15) is 0 Å². The quantitative estimate of drug-likeness (QED) is 0.494. The van der Waals surface area contributed by atoms with Gasteiger partial charge in [0.15, 0.2) is 0 Å². The van der Waals surface area contributed by atoms with Crippen LogP contribution in [-0.2, 0) is 0 Å². The maximum absolute atomic E-state index is 5.66. The van der Waals surface area contributed by atoms with E-state index in [0.29, 0.717) is 0 Å². The topological polar surface area (TPSA) is 26.0 Å². The van der Waals surface area contributed by atoms with E-state index >= 15 is 0 Å². The van der Waals surface area contributed by atoms with Crippen molar-refractivity contribution in [2.24, 2.45) is 5.73 Å². The van der Waals surface area contributed by atoms with E-state index in [1.807, 2.05) is 19.1 Å². The average molecular weight is 133 g/mol. The zero-order chi connectivity index (χ0) is 7.40. The highest BCUT2D eigenvalue weighted by Gasteiger charge is 2.00. The molecule has 1 aliphatic carbocycles. The van der Waals surface area contributed by atoms with Crippen LogP contribution in [0.3, 0.4) is 0 Å². The third kappa shape index (κ3) is 1.75. The molecule has 0 heterocycles.